The molecule has 0 spiro atoms. The van der Waals surface area contributed by atoms with Gasteiger partial charge in [0, 0.05) is 18.3 Å². The van der Waals surface area contributed by atoms with E-state index in [1.165, 1.54) is 15.9 Å². The summed E-state index contributed by atoms with van der Waals surface area (Å²) in [5.41, 5.74) is 6.02. The van der Waals surface area contributed by atoms with Gasteiger partial charge >= 0.3 is 0 Å². The van der Waals surface area contributed by atoms with Crippen LogP contribution in [-0.4, -0.2) is 32.3 Å². The highest BCUT2D eigenvalue weighted by molar-refractivity contribution is 7.09. The first kappa shape index (κ1) is 19.9. The first-order valence-corrected chi connectivity index (χ1v) is 10.1. The highest BCUT2D eigenvalue weighted by Gasteiger charge is 2.30. The molecule has 11 heteroatoms. The summed E-state index contributed by atoms with van der Waals surface area (Å²) in [4.78, 5) is 58.0. The molecule has 1 aromatic carbocycles. The van der Waals surface area contributed by atoms with Crippen molar-refractivity contribution in [2.24, 2.45) is 5.73 Å². The topological polar surface area (TPSA) is 149 Å². The highest BCUT2D eigenvalue weighted by Crippen LogP contribution is 2.24. The van der Waals surface area contributed by atoms with Crippen molar-refractivity contribution < 1.29 is 14.4 Å². The minimum atomic E-state index is -0.810. The van der Waals surface area contributed by atoms with Crippen LogP contribution in [0.15, 0.2) is 28.4 Å². The predicted octanol–water partition coefficient (Wildman–Crippen LogP) is 0.850. The summed E-state index contributed by atoms with van der Waals surface area (Å²) >= 11 is 1.29. The van der Waals surface area contributed by atoms with E-state index in [9.17, 15) is 19.2 Å². The Morgan fingerprint density at radius 2 is 2.13 bits per heavy atom. The molecule has 3 aromatic rings. The third-order valence-electron chi connectivity index (χ3n) is 4.84. The number of aryl methyl sites for hydroxylation is 1. The average Bonchev–Trinajstić information content (AvgIpc) is 3.20. The fourth-order valence-electron chi connectivity index (χ4n) is 3.42. The molecule has 30 heavy (non-hydrogen) atoms. The zero-order valence-electron chi connectivity index (χ0n) is 16.0. The molecule has 2 aromatic heterocycles. The monoisotopic (exact) mass is 426 g/mol. The summed E-state index contributed by atoms with van der Waals surface area (Å²) < 4.78 is 1.30. The van der Waals surface area contributed by atoms with Gasteiger partial charge in [0.2, 0.25) is 11.8 Å². The van der Waals surface area contributed by atoms with Crippen molar-refractivity contribution >= 4 is 45.6 Å². The molecule has 3 amide bonds. The third-order valence-corrected chi connectivity index (χ3v) is 5.71. The van der Waals surface area contributed by atoms with Gasteiger partial charge in [0.15, 0.2) is 0 Å². The van der Waals surface area contributed by atoms with E-state index in [1.807, 2.05) is 0 Å². The van der Waals surface area contributed by atoms with Gasteiger partial charge in [0.1, 0.15) is 28.1 Å². The smallest absolute Gasteiger partial charge is 0.275 e. The van der Waals surface area contributed by atoms with Crippen molar-refractivity contribution in [1.29, 1.82) is 0 Å². The van der Waals surface area contributed by atoms with Crippen LogP contribution in [0, 0.1) is 6.92 Å². The first-order valence-electron chi connectivity index (χ1n) is 9.20. The lowest BCUT2D eigenvalue weighted by Crippen LogP contribution is -2.45. The number of amides is 3. The molecular weight excluding hydrogens is 408 g/mol. The second-order valence-electron chi connectivity index (χ2n) is 6.79. The van der Waals surface area contributed by atoms with Crippen LogP contribution in [0.5, 0.6) is 0 Å². The minimum absolute atomic E-state index is 0.148. The quantitative estimate of drug-likeness (QED) is 0.524. The molecule has 0 bridgehead atoms. The normalized spacial score (nSPS) is 16.5. The Kier molecular flexibility index (Phi) is 5.14. The highest BCUT2D eigenvalue weighted by atomic mass is 32.1. The summed E-state index contributed by atoms with van der Waals surface area (Å²) in [6, 6.07) is 4.03. The molecule has 0 saturated carbocycles. The van der Waals surface area contributed by atoms with Crippen molar-refractivity contribution in [2.75, 3.05) is 5.32 Å². The Balaban J connectivity index is 1.74. The number of piperidine rings is 1. The molecule has 1 aliphatic heterocycles. The predicted molar refractivity (Wildman–Crippen MR) is 110 cm³/mol. The molecular formula is C19H18N6O4S. The lowest BCUT2D eigenvalue weighted by Gasteiger charge is -2.24. The molecule has 4 rings (SSSR count). The van der Waals surface area contributed by atoms with Crippen LogP contribution in [0.1, 0.15) is 40.2 Å². The molecule has 4 N–H and O–H groups in total. The lowest BCUT2D eigenvalue weighted by atomic mass is 10.1. The first-order chi connectivity index (χ1) is 14.4. The average molecular weight is 426 g/mol. The van der Waals surface area contributed by atoms with Crippen molar-refractivity contribution in [2.45, 2.75) is 32.4 Å². The van der Waals surface area contributed by atoms with Crippen LogP contribution >= 0.6 is 11.3 Å². The molecule has 1 aliphatic rings. The van der Waals surface area contributed by atoms with E-state index < -0.39 is 23.4 Å². The summed E-state index contributed by atoms with van der Waals surface area (Å²) in [6.07, 6.45) is 0.372. The van der Waals surface area contributed by atoms with E-state index in [0.29, 0.717) is 22.0 Å². The number of thiazole rings is 1. The van der Waals surface area contributed by atoms with E-state index in [0.717, 1.165) is 0 Å². The van der Waals surface area contributed by atoms with Crippen molar-refractivity contribution in [3.05, 3.63) is 50.5 Å². The van der Waals surface area contributed by atoms with Crippen molar-refractivity contribution in [3.8, 4) is 0 Å². The van der Waals surface area contributed by atoms with Crippen molar-refractivity contribution in [1.82, 2.24) is 19.9 Å². The molecule has 1 unspecified atom stereocenters. The Morgan fingerprint density at radius 3 is 2.83 bits per heavy atom. The number of anilines is 1. The number of aromatic nitrogens is 3. The Hall–Kier alpha value is -3.44. The number of nitrogens with one attached hydrogen (secondary N) is 2. The number of para-hydroxylation sites is 1. The molecule has 10 nitrogen and oxygen atoms in total. The summed E-state index contributed by atoms with van der Waals surface area (Å²) in [6.45, 7) is 1.85. The molecule has 154 valence electrons. The number of carbonyl (C=O) groups is 3. The van der Waals surface area contributed by atoms with Gasteiger partial charge in [-0.3, -0.25) is 29.1 Å². The fraction of sp³-hybridized carbons (Fsp3) is 0.263. The minimum Gasteiger partial charge on any atom is -0.325 e. The van der Waals surface area contributed by atoms with Crippen LogP contribution in [-0.2, 0) is 16.1 Å². The van der Waals surface area contributed by atoms with E-state index >= 15 is 0 Å². The van der Waals surface area contributed by atoms with Gasteiger partial charge in [-0.1, -0.05) is 6.07 Å². The van der Waals surface area contributed by atoms with E-state index in [2.05, 4.69) is 20.6 Å². The van der Waals surface area contributed by atoms with E-state index in [4.69, 9.17) is 5.73 Å². The molecule has 0 aliphatic carbocycles. The number of rotatable bonds is 4. The SMILES string of the molecule is Cc1nc2c(NC(=O)c3csc(CN)n3)cccc2c(=O)n1C1CCC(=O)NC1=O. The van der Waals surface area contributed by atoms with Gasteiger partial charge in [0.05, 0.1) is 11.1 Å². The number of carbonyl (C=O) groups excluding carboxylic acids is 3. The number of fused-ring (bicyclic) bond motifs is 1. The van der Waals surface area contributed by atoms with E-state index in [-0.39, 0.29) is 36.4 Å². The maximum absolute atomic E-state index is 13.1. The standard InChI is InChI=1S/C19H18N6O4S/c1-9-21-16-10(19(29)25(9)13-5-6-14(26)24-18(13)28)3-2-4-11(16)23-17(27)12-8-30-15(7-20)22-12/h2-4,8,13H,5-7,20H2,1H3,(H,23,27)(H,24,26,28). The van der Waals surface area contributed by atoms with Crippen LogP contribution in [0.25, 0.3) is 10.9 Å². The summed E-state index contributed by atoms with van der Waals surface area (Å²) in [5, 5.41) is 7.49. The lowest BCUT2D eigenvalue weighted by molar-refractivity contribution is -0.135. The number of imide groups is 1. The van der Waals surface area contributed by atoms with Gasteiger partial charge in [-0.15, -0.1) is 11.3 Å². The summed E-state index contributed by atoms with van der Waals surface area (Å²) in [7, 11) is 0. The molecule has 1 fully saturated rings. The maximum atomic E-state index is 13.1. The largest absolute Gasteiger partial charge is 0.325 e. The number of benzene rings is 1. The Morgan fingerprint density at radius 1 is 1.33 bits per heavy atom. The third kappa shape index (κ3) is 3.48. The van der Waals surface area contributed by atoms with Gasteiger partial charge in [0.25, 0.3) is 11.5 Å². The fourth-order valence-corrected chi connectivity index (χ4v) is 4.08. The Labute approximate surface area is 174 Å². The second kappa shape index (κ2) is 7.76. The Bertz CT molecular complexity index is 1250. The number of nitrogens with zero attached hydrogens (tertiary/aromatic N) is 3. The molecule has 1 atom stereocenters. The molecule has 1 saturated heterocycles. The van der Waals surface area contributed by atoms with Crippen LogP contribution in [0.2, 0.25) is 0 Å². The number of hydrogen-bond donors (Lipinski definition) is 3. The van der Waals surface area contributed by atoms with Gasteiger partial charge < -0.3 is 11.1 Å². The van der Waals surface area contributed by atoms with E-state index in [1.54, 1.807) is 30.5 Å². The number of hydrogen-bond acceptors (Lipinski definition) is 8. The van der Waals surface area contributed by atoms with Crippen molar-refractivity contribution in [3.63, 3.8) is 0 Å². The zero-order valence-corrected chi connectivity index (χ0v) is 16.8. The molecule has 0 radical (unpaired) electrons. The maximum Gasteiger partial charge on any atom is 0.275 e. The van der Waals surface area contributed by atoms with Gasteiger partial charge in [-0.2, -0.15) is 0 Å². The number of nitrogens with two attached hydrogens (primary N) is 1. The zero-order chi connectivity index (χ0) is 21.4. The van der Waals surface area contributed by atoms with Crippen LogP contribution < -0.4 is 21.9 Å². The van der Waals surface area contributed by atoms with Gasteiger partial charge in [-0.25, -0.2) is 9.97 Å². The van der Waals surface area contributed by atoms with Gasteiger partial charge in [-0.05, 0) is 25.5 Å². The van der Waals surface area contributed by atoms with Crippen LogP contribution in [0.4, 0.5) is 5.69 Å². The summed E-state index contributed by atoms with van der Waals surface area (Å²) in [5.74, 6) is -1.02. The molecule has 3 heterocycles. The van der Waals surface area contributed by atoms with Crippen LogP contribution in [0.3, 0.4) is 0 Å². The second-order valence-corrected chi connectivity index (χ2v) is 7.73.